The Morgan fingerprint density at radius 2 is 2.21 bits per heavy atom. The van der Waals surface area contributed by atoms with Crippen LogP contribution in [0.15, 0.2) is 4.79 Å². The van der Waals surface area contributed by atoms with Gasteiger partial charge in [-0.3, -0.25) is 4.79 Å². The van der Waals surface area contributed by atoms with Crippen LogP contribution in [0, 0.1) is 0 Å². The second-order valence-electron chi connectivity index (χ2n) is 4.05. The maximum atomic E-state index is 11.6. The topological polar surface area (TPSA) is 71.8 Å². The fourth-order valence-electron chi connectivity index (χ4n) is 1.37. The van der Waals surface area contributed by atoms with E-state index in [0.717, 1.165) is 22.8 Å². The number of rotatable bonds is 1. The number of H-pyrrole nitrogens is 1. The molecule has 0 bridgehead atoms. The van der Waals surface area contributed by atoms with E-state index < -0.39 is 5.54 Å². The maximum Gasteiger partial charge on any atom is 0.255 e. The molecule has 0 saturated heterocycles. The Kier molecular flexibility index (Phi) is 2.16. The van der Waals surface area contributed by atoms with Crippen LogP contribution in [0.25, 0.3) is 0 Å². The van der Waals surface area contributed by atoms with E-state index in [1.54, 1.807) is 11.8 Å². The average molecular weight is 211 g/mol. The van der Waals surface area contributed by atoms with E-state index in [1.807, 2.05) is 13.8 Å². The quantitative estimate of drug-likeness (QED) is 0.717. The van der Waals surface area contributed by atoms with E-state index in [1.165, 1.54) is 0 Å². The van der Waals surface area contributed by atoms with Gasteiger partial charge in [0.05, 0.1) is 11.2 Å². The van der Waals surface area contributed by atoms with Crippen LogP contribution in [0.4, 0.5) is 0 Å². The van der Waals surface area contributed by atoms with Crippen LogP contribution in [0.5, 0.6) is 0 Å². The molecule has 14 heavy (non-hydrogen) atoms. The minimum atomic E-state index is -0.582. The summed E-state index contributed by atoms with van der Waals surface area (Å²) in [5.41, 5.74) is 6.97. The minimum absolute atomic E-state index is 0.0338. The summed E-state index contributed by atoms with van der Waals surface area (Å²) in [4.78, 5) is 18.7. The lowest BCUT2D eigenvalue weighted by molar-refractivity contribution is 0.509. The van der Waals surface area contributed by atoms with Crippen molar-refractivity contribution in [1.29, 1.82) is 0 Å². The molecule has 0 radical (unpaired) electrons. The van der Waals surface area contributed by atoms with Crippen molar-refractivity contribution in [3.63, 3.8) is 0 Å². The van der Waals surface area contributed by atoms with E-state index in [2.05, 4.69) is 9.97 Å². The SMILES string of the molecule is CC(C)(N)c1nc2c(c(=O)[nH]1)CSC2. The number of nitrogens with two attached hydrogens (primary N) is 1. The number of aromatic nitrogens is 2. The number of aromatic amines is 1. The highest BCUT2D eigenvalue weighted by atomic mass is 32.2. The van der Waals surface area contributed by atoms with Crippen molar-refractivity contribution < 1.29 is 0 Å². The monoisotopic (exact) mass is 211 g/mol. The summed E-state index contributed by atoms with van der Waals surface area (Å²) >= 11 is 1.71. The zero-order valence-electron chi connectivity index (χ0n) is 8.26. The third-order valence-electron chi connectivity index (χ3n) is 2.20. The first-order chi connectivity index (χ1) is 6.48. The standard InChI is InChI=1S/C9H13N3OS/c1-9(2,10)8-11-6-4-14-3-5(6)7(13)12-8/h3-4,10H2,1-2H3,(H,11,12,13). The molecule has 0 unspecified atom stereocenters. The molecule has 3 N–H and O–H groups in total. The van der Waals surface area contributed by atoms with Crippen LogP contribution in [0.3, 0.4) is 0 Å². The summed E-state index contributed by atoms with van der Waals surface area (Å²) < 4.78 is 0. The predicted molar refractivity (Wildman–Crippen MR) is 57.1 cm³/mol. The summed E-state index contributed by atoms with van der Waals surface area (Å²) in [6.45, 7) is 3.67. The Balaban J connectivity index is 2.58. The third-order valence-corrected chi connectivity index (χ3v) is 3.17. The Morgan fingerprint density at radius 1 is 1.50 bits per heavy atom. The highest BCUT2D eigenvalue weighted by Gasteiger charge is 2.23. The molecule has 1 aliphatic rings. The summed E-state index contributed by atoms with van der Waals surface area (Å²) in [5, 5.41) is 0. The van der Waals surface area contributed by atoms with Crippen LogP contribution >= 0.6 is 11.8 Å². The highest BCUT2D eigenvalue weighted by molar-refractivity contribution is 7.98. The fraction of sp³-hybridized carbons (Fsp3) is 0.556. The molecular formula is C9H13N3OS. The van der Waals surface area contributed by atoms with E-state index in [-0.39, 0.29) is 5.56 Å². The first kappa shape index (κ1) is 9.73. The van der Waals surface area contributed by atoms with Gasteiger partial charge in [0.1, 0.15) is 5.82 Å². The second-order valence-corrected chi connectivity index (χ2v) is 5.04. The molecule has 1 aromatic rings. The second kappa shape index (κ2) is 3.10. The summed E-state index contributed by atoms with van der Waals surface area (Å²) in [6, 6.07) is 0. The molecule has 0 aliphatic carbocycles. The van der Waals surface area contributed by atoms with Crippen molar-refractivity contribution in [2.24, 2.45) is 5.73 Å². The summed E-state index contributed by atoms with van der Waals surface area (Å²) in [6.07, 6.45) is 0. The smallest absolute Gasteiger partial charge is 0.255 e. The molecule has 0 aromatic carbocycles. The largest absolute Gasteiger partial charge is 0.319 e. The fourth-order valence-corrected chi connectivity index (χ4v) is 2.40. The van der Waals surface area contributed by atoms with Gasteiger partial charge in [-0.05, 0) is 13.8 Å². The van der Waals surface area contributed by atoms with Gasteiger partial charge in [0.2, 0.25) is 0 Å². The molecule has 5 heteroatoms. The molecule has 76 valence electrons. The van der Waals surface area contributed by atoms with Crippen molar-refractivity contribution in [2.45, 2.75) is 30.9 Å². The Labute approximate surface area is 86.3 Å². The third kappa shape index (κ3) is 1.57. The first-order valence-electron chi connectivity index (χ1n) is 4.47. The predicted octanol–water partition coefficient (Wildman–Crippen LogP) is 0.710. The van der Waals surface area contributed by atoms with E-state index in [4.69, 9.17) is 5.73 Å². The van der Waals surface area contributed by atoms with Gasteiger partial charge in [-0.2, -0.15) is 11.8 Å². The molecule has 0 fully saturated rings. The van der Waals surface area contributed by atoms with Crippen LogP contribution in [0.2, 0.25) is 0 Å². The van der Waals surface area contributed by atoms with Crippen molar-refractivity contribution >= 4 is 11.8 Å². The lowest BCUT2D eigenvalue weighted by atomic mass is 10.1. The van der Waals surface area contributed by atoms with Gasteiger partial charge in [-0.15, -0.1) is 0 Å². The van der Waals surface area contributed by atoms with Gasteiger partial charge >= 0.3 is 0 Å². The molecule has 2 rings (SSSR count). The summed E-state index contributed by atoms with van der Waals surface area (Å²) in [5.74, 6) is 2.16. The zero-order chi connectivity index (χ0) is 10.3. The Hall–Kier alpha value is -0.810. The Bertz CT molecular complexity index is 419. The molecule has 4 nitrogen and oxygen atoms in total. The molecule has 0 spiro atoms. The molecule has 0 saturated carbocycles. The van der Waals surface area contributed by atoms with Crippen molar-refractivity contribution in [3.8, 4) is 0 Å². The van der Waals surface area contributed by atoms with E-state index >= 15 is 0 Å². The van der Waals surface area contributed by atoms with Gasteiger partial charge in [-0.1, -0.05) is 0 Å². The van der Waals surface area contributed by atoms with Crippen LogP contribution in [-0.4, -0.2) is 9.97 Å². The van der Waals surface area contributed by atoms with Gasteiger partial charge in [0.15, 0.2) is 0 Å². The van der Waals surface area contributed by atoms with E-state index in [0.29, 0.717) is 5.82 Å². The highest BCUT2D eigenvalue weighted by Crippen LogP contribution is 2.26. The lowest BCUT2D eigenvalue weighted by Crippen LogP contribution is -2.34. The normalized spacial score (nSPS) is 15.6. The first-order valence-corrected chi connectivity index (χ1v) is 5.63. The van der Waals surface area contributed by atoms with Crippen LogP contribution in [-0.2, 0) is 17.0 Å². The molecule has 2 heterocycles. The van der Waals surface area contributed by atoms with Crippen molar-refractivity contribution in [2.75, 3.05) is 0 Å². The van der Waals surface area contributed by atoms with Gasteiger partial charge in [-0.25, -0.2) is 4.98 Å². The number of thioether (sulfide) groups is 1. The molecule has 0 atom stereocenters. The van der Waals surface area contributed by atoms with Gasteiger partial charge in [0.25, 0.3) is 5.56 Å². The molecule has 1 aromatic heterocycles. The molecule has 1 aliphatic heterocycles. The zero-order valence-corrected chi connectivity index (χ0v) is 9.07. The Morgan fingerprint density at radius 3 is 2.86 bits per heavy atom. The number of fused-ring (bicyclic) bond motifs is 1. The number of hydrogen-bond donors (Lipinski definition) is 2. The van der Waals surface area contributed by atoms with Crippen molar-refractivity contribution in [3.05, 3.63) is 27.4 Å². The maximum absolute atomic E-state index is 11.6. The minimum Gasteiger partial charge on any atom is -0.319 e. The number of hydrogen-bond acceptors (Lipinski definition) is 4. The molecule has 0 amide bonds. The summed E-state index contributed by atoms with van der Waals surface area (Å²) in [7, 11) is 0. The number of nitrogens with zero attached hydrogens (tertiary/aromatic N) is 1. The average Bonchev–Trinajstić information content (AvgIpc) is 2.50. The number of nitrogens with one attached hydrogen (secondary N) is 1. The molecular weight excluding hydrogens is 198 g/mol. The van der Waals surface area contributed by atoms with Crippen LogP contribution in [0.1, 0.15) is 30.9 Å². The van der Waals surface area contributed by atoms with Crippen molar-refractivity contribution in [1.82, 2.24) is 9.97 Å². The van der Waals surface area contributed by atoms with Gasteiger partial charge < -0.3 is 10.7 Å². The van der Waals surface area contributed by atoms with Crippen LogP contribution < -0.4 is 11.3 Å². The van der Waals surface area contributed by atoms with E-state index in [9.17, 15) is 4.79 Å². The lowest BCUT2D eigenvalue weighted by Gasteiger charge is -2.17. The van der Waals surface area contributed by atoms with Gasteiger partial charge in [0, 0.05) is 17.1 Å².